The van der Waals surface area contributed by atoms with Gasteiger partial charge < -0.3 is 0 Å². The average molecular weight is 184 g/mol. The van der Waals surface area contributed by atoms with E-state index in [2.05, 4.69) is 26.1 Å². The Kier molecular flexibility index (Phi) is 2.71. The lowest BCUT2D eigenvalue weighted by Crippen LogP contribution is -2.53. The molecule has 4 heteroatoms. The van der Waals surface area contributed by atoms with Gasteiger partial charge in [-0.15, -0.1) is 0 Å². The molecule has 0 radical (unpaired) electrons. The van der Waals surface area contributed by atoms with Gasteiger partial charge in [0, 0.05) is 6.54 Å². The molecule has 13 heavy (non-hydrogen) atoms. The van der Waals surface area contributed by atoms with Gasteiger partial charge in [0.2, 0.25) is 11.8 Å². The molecule has 1 rings (SSSR count). The lowest BCUT2D eigenvalue weighted by Gasteiger charge is -2.31. The third kappa shape index (κ3) is 3.55. The molecule has 1 aliphatic rings. The SMILES string of the molecule is CC(C)(C)CN1CC(=O)NC(=O)C1. The van der Waals surface area contributed by atoms with Crippen molar-refractivity contribution >= 4 is 11.8 Å². The lowest BCUT2D eigenvalue weighted by molar-refractivity contribution is -0.136. The Morgan fingerprint density at radius 1 is 1.23 bits per heavy atom. The van der Waals surface area contributed by atoms with Crippen LogP contribution in [-0.4, -0.2) is 36.3 Å². The summed E-state index contributed by atoms with van der Waals surface area (Å²) in [6, 6.07) is 0. The molecule has 1 N–H and O–H groups in total. The zero-order valence-corrected chi connectivity index (χ0v) is 8.39. The normalized spacial score (nSPS) is 20.2. The zero-order valence-electron chi connectivity index (χ0n) is 8.39. The van der Waals surface area contributed by atoms with Crippen molar-refractivity contribution in [2.24, 2.45) is 5.41 Å². The minimum atomic E-state index is -0.194. The summed E-state index contributed by atoms with van der Waals surface area (Å²) in [7, 11) is 0. The maximum absolute atomic E-state index is 11.0. The molecular weight excluding hydrogens is 168 g/mol. The van der Waals surface area contributed by atoms with Crippen LogP contribution in [0.4, 0.5) is 0 Å². The molecule has 0 aromatic carbocycles. The molecule has 0 spiro atoms. The fraction of sp³-hybridized carbons (Fsp3) is 0.778. The average Bonchev–Trinajstić information content (AvgIpc) is 1.78. The Morgan fingerprint density at radius 2 is 1.69 bits per heavy atom. The fourth-order valence-electron chi connectivity index (χ4n) is 1.48. The highest BCUT2D eigenvalue weighted by Gasteiger charge is 2.25. The van der Waals surface area contributed by atoms with Crippen molar-refractivity contribution in [2.45, 2.75) is 20.8 Å². The zero-order chi connectivity index (χ0) is 10.1. The molecule has 1 aliphatic heterocycles. The van der Waals surface area contributed by atoms with E-state index in [-0.39, 0.29) is 17.2 Å². The summed E-state index contributed by atoms with van der Waals surface area (Å²) < 4.78 is 0. The molecule has 1 fully saturated rings. The number of nitrogens with one attached hydrogen (secondary N) is 1. The molecule has 4 nitrogen and oxygen atoms in total. The minimum absolute atomic E-state index is 0.123. The Bertz CT molecular complexity index is 214. The first-order chi connectivity index (χ1) is 5.87. The van der Waals surface area contributed by atoms with E-state index in [4.69, 9.17) is 0 Å². The van der Waals surface area contributed by atoms with Crippen LogP contribution in [0.15, 0.2) is 0 Å². The number of nitrogens with zero attached hydrogens (tertiary/aromatic N) is 1. The van der Waals surface area contributed by atoms with Crippen molar-refractivity contribution in [3.05, 3.63) is 0 Å². The Hall–Kier alpha value is -0.900. The number of amides is 2. The predicted octanol–water partition coefficient (Wildman–Crippen LogP) is -0.00910. The Labute approximate surface area is 78.3 Å². The maximum Gasteiger partial charge on any atom is 0.240 e. The number of piperazine rings is 1. The molecular formula is C9H16N2O2. The molecule has 0 aromatic rings. The summed E-state index contributed by atoms with van der Waals surface area (Å²) in [6.45, 7) is 7.70. The third-order valence-electron chi connectivity index (χ3n) is 1.71. The Balaban J connectivity index is 2.51. The predicted molar refractivity (Wildman–Crippen MR) is 49.0 cm³/mol. The van der Waals surface area contributed by atoms with Gasteiger partial charge in [-0.1, -0.05) is 20.8 Å². The van der Waals surface area contributed by atoms with Gasteiger partial charge in [-0.25, -0.2) is 0 Å². The molecule has 0 atom stereocenters. The molecule has 2 amide bonds. The van der Waals surface area contributed by atoms with E-state index in [1.165, 1.54) is 0 Å². The standard InChI is InChI=1S/C9H16N2O2/c1-9(2,3)6-11-4-7(12)10-8(13)5-11/h4-6H2,1-3H3,(H,10,12,13). The maximum atomic E-state index is 11.0. The van der Waals surface area contributed by atoms with Crippen LogP contribution in [0.3, 0.4) is 0 Å². The number of rotatable bonds is 1. The number of hydrogen-bond acceptors (Lipinski definition) is 3. The summed E-state index contributed by atoms with van der Waals surface area (Å²) in [5.41, 5.74) is 0.123. The monoisotopic (exact) mass is 184 g/mol. The van der Waals surface area contributed by atoms with Crippen LogP contribution in [-0.2, 0) is 9.59 Å². The molecule has 0 saturated carbocycles. The number of imide groups is 1. The summed E-state index contributed by atoms with van der Waals surface area (Å²) in [4.78, 5) is 23.9. The topological polar surface area (TPSA) is 49.4 Å². The van der Waals surface area contributed by atoms with Crippen LogP contribution in [0.2, 0.25) is 0 Å². The van der Waals surface area contributed by atoms with Crippen LogP contribution >= 0.6 is 0 Å². The Morgan fingerprint density at radius 3 is 2.08 bits per heavy atom. The second kappa shape index (κ2) is 3.46. The first-order valence-electron chi connectivity index (χ1n) is 4.42. The van der Waals surface area contributed by atoms with Crippen molar-refractivity contribution in [3.8, 4) is 0 Å². The quantitative estimate of drug-likeness (QED) is 0.583. The van der Waals surface area contributed by atoms with E-state index < -0.39 is 0 Å². The molecule has 74 valence electrons. The lowest BCUT2D eigenvalue weighted by atomic mass is 9.96. The molecule has 1 saturated heterocycles. The highest BCUT2D eigenvalue weighted by molar-refractivity contribution is 5.99. The second-order valence-corrected chi connectivity index (χ2v) is 4.68. The number of carbonyl (C=O) groups excluding carboxylic acids is 2. The number of hydrogen-bond donors (Lipinski definition) is 1. The van der Waals surface area contributed by atoms with E-state index in [1.807, 2.05) is 4.90 Å². The first-order valence-corrected chi connectivity index (χ1v) is 4.42. The van der Waals surface area contributed by atoms with Crippen molar-refractivity contribution in [2.75, 3.05) is 19.6 Å². The van der Waals surface area contributed by atoms with Crippen LogP contribution in [0.5, 0.6) is 0 Å². The van der Waals surface area contributed by atoms with Crippen molar-refractivity contribution in [1.82, 2.24) is 10.2 Å². The van der Waals surface area contributed by atoms with Gasteiger partial charge in [-0.3, -0.25) is 19.8 Å². The van der Waals surface area contributed by atoms with Crippen LogP contribution < -0.4 is 5.32 Å². The van der Waals surface area contributed by atoms with E-state index in [0.717, 1.165) is 6.54 Å². The van der Waals surface area contributed by atoms with Crippen molar-refractivity contribution in [3.63, 3.8) is 0 Å². The first kappa shape index (κ1) is 10.2. The van der Waals surface area contributed by atoms with Gasteiger partial charge >= 0.3 is 0 Å². The van der Waals surface area contributed by atoms with Gasteiger partial charge in [0.15, 0.2) is 0 Å². The molecule has 1 heterocycles. The highest BCUT2D eigenvalue weighted by Crippen LogP contribution is 2.15. The molecule has 0 bridgehead atoms. The number of carbonyl (C=O) groups is 2. The summed E-state index contributed by atoms with van der Waals surface area (Å²) >= 11 is 0. The van der Waals surface area contributed by atoms with Crippen LogP contribution in [0, 0.1) is 5.41 Å². The van der Waals surface area contributed by atoms with E-state index >= 15 is 0 Å². The fourth-order valence-corrected chi connectivity index (χ4v) is 1.48. The summed E-state index contributed by atoms with van der Waals surface area (Å²) in [5, 5.41) is 2.28. The highest BCUT2D eigenvalue weighted by atomic mass is 16.2. The summed E-state index contributed by atoms with van der Waals surface area (Å²) in [5.74, 6) is -0.388. The van der Waals surface area contributed by atoms with Crippen molar-refractivity contribution in [1.29, 1.82) is 0 Å². The van der Waals surface area contributed by atoms with E-state index in [9.17, 15) is 9.59 Å². The minimum Gasteiger partial charge on any atom is -0.294 e. The van der Waals surface area contributed by atoms with Crippen LogP contribution in [0.25, 0.3) is 0 Å². The van der Waals surface area contributed by atoms with Crippen LogP contribution in [0.1, 0.15) is 20.8 Å². The molecule has 0 unspecified atom stereocenters. The second-order valence-electron chi connectivity index (χ2n) is 4.68. The smallest absolute Gasteiger partial charge is 0.240 e. The van der Waals surface area contributed by atoms with Gasteiger partial charge in [0.1, 0.15) is 0 Å². The van der Waals surface area contributed by atoms with Crippen molar-refractivity contribution < 1.29 is 9.59 Å². The molecule has 0 aliphatic carbocycles. The van der Waals surface area contributed by atoms with Gasteiger partial charge in [-0.05, 0) is 5.41 Å². The van der Waals surface area contributed by atoms with E-state index in [0.29, 0.717) is 13.1 Å². The van der Waals surface area contributed by atoms with E-state index in [1.54, 1.807) is 0 Å². The molecule has 0 aromatic heterocycles. The van der Waals surface area contributed by atoms with Gasteiger partial charge in [0.05, 0.1) is 13.1 Å². The summed E-state index contributed by atoms with van der Waals surface area (Å²) in [6.07, 6.45) is 0. The van der Waals surface area contributed by atoms with Gasteiger partial charge in [-0.2, -0.15) is 0 Å². The van der Waals surface area contributed by atoms with Gasteiger partial charge in [0.25, 0.3) is 0 Å². The third-order valence-corrected chi connectivity index (χ3v) is 1.71. The largest absolute Gasteiger partial charge is 0.294 e.